The predicted molar refractivity (Wildman–Crippen MR) is 81.8 cm³/mol. The van der Waals surface area contributed by atoms with E-state index < -0.39 is 23.7 Å². The van der Waals surface area contributed by atoms with Gasteiger partial charge in [-0.05, 0) is 46.5 Å². The number of hydrogen-bond donors (Lipinski definition) is 3. The number of amides is 2. The number of carboxylic acids is 1. The standard InChI is InChI=1S/C14H18BrFN2O3/c1-7(2)9(13(19)20)6-17-14(21)18-12-5-11(16)10(15)4-8(12)3/h4-5,7,9H,6H2,1-3H3,(H,19,20)(H2,17,18,21). The Labute approximate surface area is 131 Å². The minimum atomic E-state index is -0.962. The minimum absolute atomic E-state index is 0.0108. The van der Waals surface area contributed by atoms with Crippen LogP contribution in [0.5, 0.6) is 0 Å². The quantitative estimate of drug-likeness (QED) is 0.752. The fraction of sp³-hybridized carbons (Fsp3) is 0.429. The van der Waals surface area contributed by atoms with Crippen molar-refractivity contribution in [3.8, 4) is 0 Å². The number of halogens is 2. The topological polar surface area (TPSA) is 78.4 Å². The van der Waals surface area contributed by atoms with E-state index >= 15 is 0 Å². The van der Waals surface area contributed by atoms with E-state index in [9.17, 15) is 14.0 Å². The van der Waals surface area contributed by atoms with Crippen LogP contribution in [-0.2, 0) is 4.79 Å². The molecular formula is C14H18BrFN2O3. The molecule has 0 fully saturated rings. The Kier molecular flexibility index (Phi) is 6.14. The van der Waals surface area contributed by atoms with Crippen LogP contribution in [0, 0.1) is 24.6 Å². The average Bonchev–Trinajstić information content (AvgIpc) is 2.35. The Morgan fingerprint density at radius 3 is 2.52 bits per heavy atom. The number of aryl methyl sites for hydroxylation is 1. The number of aliphatic carboxylic acids is 1. The second-order valence-corrected chi connectivity index (χ2v) is 5.96. The van der Waals surface area contributed by atoms with Crippen molar-refractivity contribution in [2.24, 2.45) is 11.8 Å². The number of nitrogens with one attached hydrogen (secondary N) is 2. The maximum absolute atomic E-state index is 13.4. The third-order valence-electron chi connectivity index (χ3n) is 3.12. The molecule has 7 heteroatoms. The summed E-state index contributed by atoms with van der Waals surface area (Å²) in [5, 5.41) is 14.0. The summed E-state index contributed by atoms with van der Waals surface area (Å²) >= 11 is 3.06. The van der Waals surface area contributed by atoms with E-state index in [2.05, 4.69) is 26.6 Å². The molecule has 0 spiro atoms. The summed E-state index contributed by atoms with van der Waals surface area (Å²) in [4.78, 5) is 22.8. The fourth-order valence-electron chi connectivity index (χ4n) is 1.76. The van der Waals surface area contributed by atoms with Crippen molar-refractivity contribution in [2.45, 2.75) is 20.8 Å². The lowest BCUT2D eigenvalue weighted by Crippen LogP contribution is -2.37. The molecule has 3 N–H and O–H groups in total. The molecule has 0 bridgehead atoms. The zero-order chi connectivity index (χ0) is 16.2. The van der Waals surface area contributed by atoms with Crippen molar-refractivity contribution in [3.63, 3.8) is 0 Å². The van der Waals surface area contributed by atoms with E-state index in [-0.39, 0.29) is 12.5 Å². The van der Waals surface area contributed by atoms with Crippen molar-refractivity contribution >= 4 is 33.6 Å². The minimum Gasteiger partial charge on any atom is -0.481 e. The molecule has 5 nitrogen and oxygen atoms in total. The van der Waals surface area contributed by atoms with Crippen molar-refractivity contribution in [2.75, 3.05) is 11.9 Å². The van der Waals surface area contributed by atoms with Crippen LogP contribution >= 0.6 is 15.9 Å². The number of hydrogen-bond acceptors (Lipinski definition) is 2. The Hall–Kier alpha value is -1.63. The smallest absolute Gasteiger partial charge is 0.319 e. The Morgan fingerprint density at radius 1 is 1.38 bits per heavy atom. The third-order valence-corrected chi connectivity index (χ3v) is 3.73. The molecule has 1 aromatic rings. The number of urea groups is 1. The summed E-state index contributed by atoms with van der Waals surface area (Å²) in [7, 11) is 0. The highest BCUT2D eigenvalue weighted by molar-refractivity contribution is 9.10. The SMILES string of the molecule is Cc1cc(Br)c(F)cc1NC(=O)NCC(C(=O)O)C(C)C. The molecule has 0 aliphatic rings. The first-order chi connectivity index (χ1) is 9.72. The van der Waals surface area contributed by atoms with Gasteiger partial charge in [0.1, 0.15) is 5.82 Å². The van der Waals surface area contributed by atoms with E-state index in [1.807, 2.05) is 0 Å². The summed E-state index contributed by atoms with van der Waals surface area (Å²) < 4.78 is 13.8. The largest absolute Gasteiger partial charge is 0.481 e. The van der Waals surface area contributed by atoms with Gasteiger partial charge in [-0.3, -0.25) is 4.79 Å². The predicted octanol–water partition coefficient (Wildman–Crippen LogP) is 3.37. The molecule has 116 valence electrons. The van der Waals surface area contributed by atoms with Crippen LogP contribution in [0.25, 0.3) is 0 Å². The molecule has 0 aliphatic carbocycles. The van der Waals surface area contributed by atoms with Crippen LogP contribution in [0.2, 0.25) is 0 Å². The number of carboxylic acid groups (broad SMARTS) is 1. The van der Waals surface area contributed by atoms with Gasteiger partial charge in [-0.25, -0.2) is 9.18 Å². The van der Waals surface area contributed by atoms with E-state index in [1.165, 1.54) is 6.07 Å². The maximum atomic E-state index is 13.4. The second kappa shape index (κ2) is 7.40. The van der Waals surface area contributed by atoms with Gasteiger partial charge in [0.25, 0.3) is 0 Å². The van der Waals surface area contributed by atoms with Gasteiger partial charge < -0.3 is 15.7 Å². The van der Waals surface area contributed by atoms with Gasteiger partial charge >= 0.3 is 12.0 Å². The molecule has 21 heavy (non-hydrogen) atoms. The lowest BCUT2D eigenvalue weighted by molar-refractivity contribution is -0.142. The van der Waals surface area contributed by atoms with E-state index in [1.54, 1.807) is 26.8 Å². The number of carbonyl (C=O) groups is 2. The molecule has 0 saturated heterocycles. The van der Waals surface area contributed by atoms with Gasteiger partial charge in [-0.1, -0.05) is 13.8 Å². The molecule has 0 aliphatic heterocycles. The Bertz CT molecular complexity index is 549. The monoisotopic (exact) mass is 360 g/mol. The molecule has 0 aromatic heterocycles. The van der Waals surface area contributed by atoms with Crippen molar-refractivity contribution in [1.82, 2.24) is 5.32 Å². The highest BCUT2D eigenvalue weighted by Gasteiger charge is 2.22. The molecule has 0 saturated carbocycles. The van der Waals surface area contributed by atoms with Gasteiger partial charge in [0.2, 0.25) is 0 Å². The molecule has 1 rings (SSSR count). The second-order valence-electron chi connectivity index (χ2n) is 5.11. The van der Waals surface area contributed by atoms with E-state index in [0.717, 1.165) is 0 Å². The molecule has 1 unspecified atom stereocenters. The molecule has 0 heterocycles. The van der Waals surface area contributed by atoms with Crippen LogP contribution in [-0.4, -0.2) is 23.7 Å². The molecule has 1 aromatic carbocycles. The summed E-state index contributed by atoms with van der Waals surface area (Å²) in [6.07, 6.45) is 0. The first-order valence-corrected chi connectivity index (χ1v) is 7.25. The number of rotatable bonds is 5. The fourth-order valence-corrected chi connectivity index (χ4v) is 2.22. The van der Waals surface area contributed by atoms with Crippen molar-refractivity contribution < 1.29 is 19.1 Å². The van der Waals surface area contributed by atoms with Gasteiger partial charge in [-0.15, -0.1) is 0 Å². The maximum Gasteiger partial charge on any atom is 0.319 e. The van der Waals surface area contributed by atoms with Gasteiger partial charge in [0.15, 0.2) is 0 Å². The van der Waals surface area contributed by atoms with E-state index in [4.69, 9.17) is 5.11 Å². The normalized spacial score (nSPS) is 12.1. The zero-order valence-electron chi connectivity index (χ0n) is 12.0. The van der Waals surface area contributed by atoms with Crippen LogP contribution in [0.15, 0.2) is 16.6 Å². The zero-order valence-corrected chi connectivity index (χ0v) is 13.6. The summed E-state index contributed by atoms with van der Waals surface area (Å²) in [6.45, 7) is 5.28. The first-order valence-electron chi connectivity index (χ1n) is 6.45. The highest BCUT2D eigenvalue weighted by atomic mass is 79.9. The number of benzene rings is 1. The molecule has 0 radical (unpaired) electrons. The van der Waals surface area contributed by atoms with Gasteiger partial charge in [0.05, 0.1) is 10.4 Å². The first kappa shape index (κ1) is 17.4. The highest BCUT2D eigenvalue weighted by Crippen LogP contribution is 2.23. The van der Waals surface area contributed by atoms with E-state index in [0.29, 0.717) is 15.7 Å². The summed E-state index contributed by atoms with van der Waals surface area (Å²) in [5.41, 5.74) is 1.03. The summed E-state index contributed by atoms with van der Waals surface area (Å²) in [5.74, 6) is -2.22. The molecule has 2 amide bonds. The van der Waals surface area contributed by atoms with Crippen LogP contribution in [0.1, 0.15) is 19.4 Å². The van der Waals surface area contributed by atoms with Gasteiger partial charge in [-0.2, -0.15) is 0 Å². The van der Waals surface area contributed by atoms with Crippen molar-refractivity contribution in [3.05, 3.63) is 28.0 Å². The van der Waals surface area contributed by atoms with Crippen LogP contribution < -0.4 is 10.6 Å². The lowest BCUT2D eigenvalue weighted by atomic mass is 9.96. The Balaban J connectivity index is 2.66. The van der Waals surface area contributed by atoms with Crippen molar-refractivity contribution in [1.29, 1.82) is 0 Å². The van der Waals surface area contributed by atoms with Crippen LogP contribution in [0.3, 0.4) is 0 Å². The molecule has 1 atom stereocenters. The third kappa shape index (κ3) is 5.00. The lowest BCUT2D eigenvalue weighted by Gasteiger charge is -2.17. The number of carbonyl (C=O) groups excluding carboxylic acids is 1. The Morgan fingerprint density at radius 2 is 2.00 bits per heavy atom. The number of anilines is 1. The van der Waals surface area contributed by atoms with Gasteiger partial charge in [0, 0.05) is 12.2 Å². The molecular weight excluding hydrogens is 343 g/mol. The average molecular weight is 361 g/mol. The summed E-state index contributed by atoms with van der Waals surface area (Å²) in [6, 6.07) is 2.20. The van der Waals surface area contributed by atoms with Crippen LogP contribution in [0.4, 0.5) is 14.9 Å².